The summed E-state index contributed by atoms with van der Waals surface area (Å²) in [6.45, 7) is 8.82. The number of nitrogens with one attached hydrogen (secondary N) is 1. The molecule has 0 radical (unpaired) electrons. The van der Waals surface area contributed by atoms with Crippen LogP contribution in [0.4, 0.5) is 0 Å². The lowest BCUT2D eigenvalue weighted by Gasteiger charge is -2.33. The number of rotatable bonds is 5. The van der Waals surface area contributed by atoms with Crippen LogP contribution in [0.2, 0.25) is 0 Å². The van der Waals surface area contributed by atoms with Gasteiger partial charge in [-0.15, -0.1) is 0 Å². The molecule has 4 heteroatoms. The first-order valence-corrected chi connectivity index (χ1v) is 8.32. The van der Waals surface area contributed by atoms with E-state index >= 15 is 0 Å². The third-order valence-electron chi connectivity index (χ3n) is 3.73. The zero-order valence-corrected chi connectivity index (χ0v) is 12.7. The topological polar surface area (TPSA) is 28.4 Å². The second-order valence-corrected chi connectivity index (χ2v) is 7.86. The van der Waals surface area contributed by atoms with Crippen molar-refractivity contribution in [3.63, 3.8) is 0 Å². The molecule has 2 atom stereocenters. The molecule has 0 amide bonds. The molecule has 0 aromatic carbocycles. The Morgan fingerprint density at radius 3 is 2.58 bits per heavy atom. The molecule has 2 heterocycles. The summed E-state index contributed by atoms with van der Waals surface area (Å²) in [5, 5.41) is 4.96. The van der Waals surface area contributed by atoms with Gasteiger partial charge in [0.05, 0.1) is 13.1 Å². The Bertz CT molecular complexity index is 406. The van der Waals surface area contributed by atoms with Crippen molar-refractivity contribution in [2.24, 2.45) is 0 Å². The van der Waals surface area contributed by atoms with Crippen molar-refractivity contribution < 1.29 is 4.42 Å². The molecule has 2 aliphatic rings. The summed E-state index contributed by atoms with van der Waals surface area (Å²) in [7, 11) is 0. The quantitative estimate of drug-likeness (QED) is 0.898. The van der Waals surface area contributed by atoms with E-state index in [0.29, 0.717) is 0 Å². The second kappa shape index (κ2) is 5.90. The molecule has 1 aliphatic carbocycles. The highest BCUT2D eigenvalue weighted by molar-refractivity contribution is 8.00. The van der Waals surface area contributed by atoms with Crippen LogP contribution in [0.3, 0.4) is 0 Å². The molecule has 106 valence electrons. The maximum Gasteiger partial charge on any atom is 0.118 e. The monoisotopic (exact) mass is 280 g/mol. The predicted octanol–water partition coefficient (Wildman–Crippen LogP) is 2.86. The molecule has 1 aromatic heterocycles. The summed E-state index contributed by atoms with van der Waals surface area (Å²) in [6.07, 6.45) is 2.66. The van der Waals surface area contributed by atoms with Gasteiger partial charge in [0.1, 0.15) is 11.5 Å². The van der Waals surface area contributed by atoms with E-state index in [0.717, 1.165) is 41.2 Å². The molecule has 1 saturated carbocycles. The summed E-state index contributed by atoms with van der Waals surface area (Å²) in [6, 6.07) is 5.01. The van der Waals surface area contributed by atoms with Crippen LogP contribution in [0.15, 0.2) is 16.5 Å². The van der Waals surface area contributed by atoms with E-state index in [1.165, 1.54) is 25.9 Å². The van der Waals surface area contributed by atoms with Crippen LogP contribution in [0.5, 0.6) is 0 Å². The third kappa shape index (κ3) is 4.01. The average molecular weight is 280 g/mol. The number of furan rings is 1. The normalized spacial score (nSPS) is 28.7. The first-order valence-electron chi connectivity index (χ1n) is 7.38. The summed E-state index contributed by atoms with van der Waals surface area (Å²) in [4.78, 5) is 2.52. The van der Waals surface area contributed by atoms with Crippen molar-refractivity contribution in [3.05, 3.63) is 23.7 Å². The molecular formula is C15H24N2OS. The maximum atomic E-state index is 5.92. The Morgan fingerprint density at radius 1 is 1.21 bits per heavy atom. The lowest BCUT2D eigenvalue weighted by molar-refractivity contribution is 0.238. The molecule has 2 fully saturated rings. The minimum absolute atomic E-state index is 0.731. The molecule has 0 bridgehead atoms. The standard InChI is InChI=1S/C15H24N2OS/c1-11-8-17(9-12(2)19-11)10-15-6-5-14(18-15)7-16-13-3-4-13/h5-6,11-13,16H,3-4,7-10H2,1-2H3. The molecule has 1 N–H and O–H groups in total. The van der Waals surface area contributed by atoms with E-state index in [1.807, 2.05) is 0 Å². The van der Waals surface area contributed by atoms with E-state index in [2.05, 4.69) is 48.0 Å². The lowest BCUT2D eigenvalue weighted by Crippen LogP contribution is -2.39. The van der Waals surface area contributed by atoms with Gasteiger partial charge in [-0.2, -0.15) is 11.8 Å². The van der Waals surface area contributed by atoms with E-state index in [4.69, 9.17) is 4.42 Å². The molecule has 0 spiro atoms. The molecule has 1 aliphatic heterocycles. The highest BCUT2D eigenvalue weighted by atomic mass is 32.2. The Morgan fingerprint density at radius 2 is 1.89 bits per heavy atom. The van der Waals surface area contributed by atoms with Gasteiger partial charge >= 0.3 is 0 Å². The molecule has 1 aromatic rings. The number of thioether (sulfide) groups is 1. The Labute approximate surface area is 120 Å². The SMILES string of the molecule is CC1CN(Cc2ccc(CNC3CC3)o2)CC(C)S1. The fourth-order valence-electron chi connectivity index (χ4n) is 2.77. The minimum Gasteiger partial charge on any atom is -0.463 e. The van der Waals surface area contributed by atoms with Gasteiger partial charge in [0.2, 0.25) is 0 Å². The van der Waals surface area contributed by atoms with E-state index in [1.54, 1.807) is 0 Å². The second-order valence-electron chi connectivity index (χ2n) is 5.97. The van der Waals surface area contributed by atoms with Crippen LogP contribution in [-0.2, 0) is 13.1 Å². The third-order valence-corrected chi connectivity index (χ3v) is 4.96. The molecule has 2 unspecified atom stereocenters. The first-order chi connectivity index (χ1) is 9.19. The van der Waals surface area contributed by atoms with Crippen molar-refractivity contribution in [2.75, 3.05) is 13.1 Å². The van der Waals surface area contributed by atoms with Crippen LogP contribution in [-0.4, -0.2) is 34.5 Å². The lowest BCUT2D eigenvalue weighted by atomic mass is 10.3. The zero-order chi connectivity index (χ0) is 13.2. The van der Waals surface area contributed by atoms with Crippen molar-refractivity contribution in [1.82, 2.24) is 10.2 Å². The van der Waals surface area contributed by atoms with Crippen LogP contribution >= 0.6 is 11.8 Å². The highest BCUT2D eigenvalue weighted by Crippen LogP contribution is 2.26. The Balaban J connectivity index is 1.51. The van der Waals surface area contributed by atoms with Crippen molar-refractivity contribution in [3.8, 4) is 0 Å². The number of hydrogen-bond acceptors (Lipinski definition) is 4. The van der Waals surface area contributed by atoms with Gasteiger partial charge in [0.15, 0.2) is 0 Å². The smallest absolute Gasteiger partial charge is 0.118 e. The molecule has 19 heavy (non-hydrogen) atoms. The van der Waals surface area contributed by atoms with Crippen molar-refractivity contribution >= 4 is 11.8 Å². The van der Waals surface area contributed by atoms with Gasteiger partial charge in [-0.1, -0.05) is 13.8 Å². The number of hydrogen-bond donors (Lipinski definition) is 1. The number of nitrogens with zero attached hydrogens (tertiary/aromatic N) is 1. The van der Waals surface area contributed by atoms with E-state index in [-0.39, 0.29) is 0 Å². The van der Waals surface area contributed by atoms with E-state index < -0.39 is 0 Å². The van der Waals surface area contributed by atoms with Crippen molar-refractivity contribution in [2.45, 2.75) is 56.3 Å². The Kier molecular flexibility index (Phi) is 4.20. The summed E-state index contributed by atoms with van der Waals surface area (Å²) in [5.41, 5.74) is 0. The molecule has 1 saturated heterocycles. The van der Waals surface area contributed by atoms with E-state index in [9.17, 15) is 0 Å². The fraction of sp³-hybridized carbons (Fsp3) is 0.733. The zero-order valence-electron chi connectivity index (χ0n) is 11.9. The van der Waals surface area contributed by atoms with Gasteiger partial charge in [-0.05, 0) is 25.0 Å². The Hall–Kier alpha value is -0.450. The van der Waals surface area contributed by atoms with Gasteiger partial charge in [0, 0.05) is 29.6 Å². The van der Waals surface area contributed by atoms with Gasteiger partial charge in [-0.3, -0.25) is 4.90 Å². The molecular weight excluding hydrogens is 256 g/mol. The molecule has 3 rings (SSSR count). The summed E-state index contributed by atoms with van der Waals surface area (Å²) in [5.74, 6) is 2.19. The minimum atomic E-state index is 0.731. The van der Waals surface area contributed by atoms with Crippen LogP contribution in [0, 0.1) is 0 Å². The summed E-state index contributed by atoms with van der Waals surface area (Å²) >= 11 is 2.10. The average Bonchev–Trinajstić information content (AvgIpc) is 3.06. The fourth-order valence-corrected chi connectivity index (χ4v) is 4.16. The van der Waals surface area contributed by atoms with Crippen LogP contribution < -0.4 is 5.32 Å². The van der Waals surface area contributed by atoms with Gasteiger partial charge in [-0.25, -0.2) is 0 Å². The largest absolute Gasteiger partial charge is 0.463 e. The van der Waals surface area contributed by atoms with Crippen LogP contribution in [0.1, 0.15) is 38.2 Å². The van der Waals surface area contributed by atoms with Gasteiger partial charge < -0.3 is 9.73 Å². The van der Waals surface area contributed by atoms with Crippen LogP contribution in [0.25, 0.3) is 0 Å². The summed E-state index contributed by atoms with van der Waals surface area (Å²) < 4.78 is 5.92. The first kappa shape index (κ1) is 13.5. The van der Waals surface area contributed by atoms with Gasteiger partial charge in [0.25, 0.3) is 0 Å². The van der Waals surface area contributed by atoms with Crippen molar-refractivity contribution in [1.29, 1.82) is 0 Å². The maximum absolute atomic E-state index is 5.92. The predicted molar refractivity (Wildman–Crippen MR) is 80.4 cm³/mol. The highest BCUT2D eigenvalue weighted by Gasteiger charge is 2.23. The molecule has 3 nitrogen and oxygen atoms in total.